The van der Waals surface area contributed by atoms with Gasteiger partial charge in [-0.1, -0.05) is 18.2 Å². The van der Waals surface area contributed by atoms with Gasteiger partial charge in [-0.2, -0.15) is 0 Å². The Kier molecular flexibility index (Phi) is 4.67. The van der Waals surface area contributed by atoms with Crippen molar-refractivity contribution < 1.29 is 4.74 Å². The van der Waals surface area contributed by atoms with Crippen LogP contribution in [0.15, 0.2) is 36.5 Å². The van der Waals surface area contributed by atoms with Gasteiger partial charge in [0.25, 0.3) is 0 Å². The van der Waals surface area contributed by atoms with Crippen molar-refractivity contribution in [3.8, 4) is 0 Å². The predicted octanol–water partition coefficient (Wildman–Crippen LogP) is 3.05. The quantitative estimate of drug-likeness (QED) is 0.794. The average Bonchev–Trinajstić information content (AvgIpc) is 2.43. The minimum Gasteiger partial charge on any atom is -0.382 e. The Morgan fingerprint density at radius 1 is 1.28 bits per heavy atom. The Hall–Kier alpha value is -1.45. The summed E-state index contributed by atoms with van der Waals surface area (Å²) in [6, 6.07) is 10.2. The first-order valence-corrected chi connectivity index (χ1v) is 6.50. The van der Waals surface area contributed by atoms with Gasteiger partial charge in [0.1, 0.15) is 0 Å². The van der Waals surface area contributed by atoms with Crippen molar-refractivity contribution in [3.05, 3.63) is 42.1 Å². The minimum atomic E-state index is 0.0540. The summed E-state index contributed by atoms with van der Waals surface area (Å²) < 4.78 is 5.34. The molecule has 1 aromatic heterocycles. The Balaban J connectivity index is 2.10. The van der Waals surface area contributed by atoms with E-state index >= 15 is 0 Å². The van der Waals surface area contributed by atoms with Crippen LogP contribution in [0.5, 0.6) is 0 Å². The van der Waals surface area contributed by atoms with E-state index in [1.54, 1.807) is 0 Å². The van der Waals surface area contributed by atoms with Crippen molar-refractivity contribution in [2.45, 2.75) is 25.8 Å². The second kappa shape index (κ2) is 6.47. The molecule has 0 aliphatic heterocycles. The Morgan fingerprint density at radius 3 is 3.00 bits per heavy atom. The molecule has 0 aliphatic carbocycles. The zero-order chi connectivity index (χ0) is 12.8. The molecule has 0 spiro atoms. The van der Waals surface area contributed by atoms with Gasteiger partial charge in [0, 0.05) is 30.8 Å². The molecular weight excluding hydrogens is 224 g/mol. The third-order valence-corrected chi connectivity index (χ3v) is 3.09. The first-order valence-electron chi connectivity index (χ1n) is 6.50. The van der Waals surface area contributed by atoms with E-state index in [0.29, 0.717) is 0 Å². The monoisotopic (exact) mass is 244 g/mol. The summed E-state index contributed by atoms with van der Waals surface area (Å²) in [5.74, 6) is 0. The first kappa shape index (κ1) is 13.0. The summed E-state index contributed by atoms with van der Waals surface area (Å²) in [6.45, 7) is 3.57. The van der Waals surface area contributed by atoms with E-state index in [1.165, 1.54) is 5.56 Å². The molecule has 3 heteroatoms. The summed E-state index contributed by atoms with van der Waals surface area (Å²) in [7, 11) is 0. The van der Waals surface area contributed by atoms with Crippen LogP contribution in [0.25, 0.3) is 10.9 Å². The van der Waals surface area contributed by atoms with Crippen molar-refractivity contribution in [2.75, 3.05) is 13.2 Å². The van der Waals surface area contributed by atoms with Gasteiger partial charge >= 0.3 is 0 Å². The number of rotatable bonds is 6. The summed E-state index contributed by atoms with van der Waals surface area (Å²) >= 11 is 0. The van der Waals surface area contributed by atoms with Gasteiger partial charge in [-0.05, 0) is 37.5 Å². The van der Waals surface area contributed by atoms with Gasteiger partial charge in [0.05, 0.1) is 5.52 Å². The van der Waals surface area contributed by atoms with Gasteiger partial charge in [0.15, 0.2) is 0 Å². The van der Waals surface area contributed by atoms with Crippen molar-refractivity contribution in [2.24, 2.45) is 5.73 Å². The Labute approximate surface area is 108 Å². The van der Waals surface area contributed by atoms with Crippen molar-refractivity contribution in [1.82, 2.24) is 4.98 Å². The molecule has 18 heavy (non-hydrogen) atoms. The molecule has 1 atom stereocenters. The van der Waals surface area contributed by atoms with E-state index in [9.17, 15) is 0 Å². The summed E-state index contributed by atoms with van der Waals surface area (Å²) in [5, 5.41) is 1.16. The minimum absolute atomic E-state index is 0.0540. The zero-order valence-corrected chi connectivity index (χ0v) is 10.8. The number of pyridine rings is 1. The number of nitrogens with zero attached hydrogens (tertiary/aromatic N) is 1. The van der Waals surface area contributed by atoms with Gasteiger partial charge in [0.2, 0.25) is 0 Å². The fraction of sp³-hybridized carbons (Fsp3) is 0.400. The van der Waals surface area contributed by atoms with Crippen LogP contribution in [0.2, 0.25) is 0 Å². The highest BCUT2D eigenvalue weighted by molar-refractivity contribution is 5.82. The fourth-order valence-electron chi connectivity index (χ4n) is 2.16. The lowest BCUT2D eigenvalue weighted by Crippen LogP contribution is -2.12. The summed E-state index contributed by atoms with van der Waals surface area (Å²) in [4.78, 5) is 4.35. The highest BCUT2D eigenvalue weighted by Crippen LogP contribution is 2.24. The molecule has 0 bridgehead atoms. The van der Waals surface area contributed by atoms with Crippen molar-refractivity contribution in [1.29, 1.82) is 0 Å². The maximum absolute atomic E-state index is 6.26. The van der Waals surface area contributed by atoms with E-state index in [1.807, 2.05) is 31.3 Å². The fourth-order valence-corrected chi connectivity index (χ4v) is 2.16. The van der Waals surface area contributed by atoms with E-state index < -0.39 is 0 Å². The van der Waals surface area contributed by atoms with Gasteiger partial charge < -0.3 is 10.5 Å². The molecule has 0 aliphatic rings. The molecule has 3 nitrogen and oxygen atoms in total. The predicted molar refractivity (Wildman–Crippen MR) is 74.4 cm³/mol. The van der Waals surface area contributed by atoms with E-state index in [-0.39, 0.29) is 6.04 Å². The largest absolute Gasteiger partial charge is 0.382 e. The number of hydrogen-bond acceptors (Lipinski definition) is 3. The lowest BCUT2D eigenvalue weighted by atomic mass is 9.98. The number of fused-ring (bicyclic) bond motifs is 1. The lowest BCUT2D eigenvalue weighted by Gasteiger charge is -2.14. The number of nitrogens with two attached hydrogens (primary N) is 1. The van der Waals surface area contributed by atoms with Crippen LogP contribution in [0.3, 0.4) is 0 Å². The van der Waals surface area contributed by atoms with Crippen molar-refractivity contribution >= 4 is 10.9 Å². The van der Waals surface area contributed by atoms with Crippen LogP contribution in [0.1, 0.15) is 31.4 Å². The average molecular weight is 244 g/mol. The maximum atomic E-state index is 6.26. The molecule has 0 amide bonds. The molecule has 1 unspecified atom stereocenters. The third-order valence-electron chi connectivity index (χ3n) is 3.09. The van der Waals surface area contributed by atoms with Gasteiger partial charge in [-0.3, -0.25) is 4.98 Å². The number of ether oxygens (including phenoxy) is 1. The molecule has 1 aromatic carbocycles. The number of benzene rings is 1. The second-order valence-corrected chi connectivity index (χ2v) is 4.36. The molecule has 1 heterocycles. The smallest absolute Gasteiger partial charge is 0.0705 e. The Morgan fingerprint density at radius 2 is 2.17 bits per heavy atom. The highest BCUT2D eigenvalue weighted by Gasteiger charge is 2.09. The van der Waals surface area contributed by atoms with Crippen LogP contribution >= 0.6 is 0 Å². The lowest BCUT2D eigenvalue weighted by molar-refractivity contribution is 0.142. The SMILES string of the molecule is CCOCCCC(N)c1cccc2ncccc12. The van der Waals surface area contributed by atoms with Gasteiger partial charge in [-0.25, -0.2) is 0 Å². The van der Waals surface area contributed by atoms with E-state index in [4.69, 9.17) is 10.5 Å². The zero-order valence-electron chi connectivity index (χ0n) is 10.8. The standard InChI is InChI=1S/C15H20N2O/c1-2-18-11-5-8-14(16)12-6-3-9-15-13(12)7-4-10-17-15/h3-4,6-7,9-10,14H,2,5,8,11,16H2,1H3. The third kappa shape index (κ3) is 3.06. The van der Waals surface area contributed by atoms with Crippen molar-refractivity contribution in [3.63, 3.8) is 0 Å². The first-order chi connectivity index (χ1) is 8.83. The van der Waals surface area contributed by atoms with Crippen LogP contribution in [-0.2, 0) is 4.74 Å². The molecule has 0 fully saturated rings. The Bertz CT molecular complexity index is 493. The van der Waals surface area contributed by atoms with Gasteiger partial charge in [-0.15, -0.1) is 0 Å². The van der Waals surface area contributed by atoms with Crippen LogP contribution < -0.4 is 5.73 Å². The van der Waals surface area contributed by atoms with Crippen LogP contribution in [-0.4, -0.2) is 18.2 Å². The molecule has 2 aromatic rings. The summed E-state index contributed by atoms with van der Waals surface area (Å²) in [5.41, 5.74) is 8.45. The molecule has 0 radical (unpaired) electrons. The molecule has 0 saturated heterocycles. The molecular formula is C15H20N2O. The maximum Gasteiger partial charge on any atom is 0.0705 e. The number of hydrogen-bond donors (Lipinski definition) is 1. The van der Waals surface area contributed by atoms with E-state index in [0.717, 1.165) is 37.0 Å². The summed E-state index contributed by atoms with van der Waals surface area (Å²) in [6.07, 6.45) is 3.74. The molecule has 2 N–H and O–H groups in total. The highest BCUT2D eigenvalue weighted by atomic mass is 16.5. The van der Waals surface area contributed by atoms with Crippen LogP contribution in [0, 0.1) is 0 Å². The number of aromatic nitrogens is 1. The van der Waals surface area contributed by atoms with Crippen LogP contribution in [0.4, 0.5) is 0 Å². The van der Waals surface area contributed by atoms with E-state index in [2.05, 4.69) is 17.1 Å². The normalized spacial score (nSPS) is 12.8. The molecule has 2 rings (SSSR count). The molecule has 0 saturated carbocycles. The second-order valence-electron chi connectivity index (χ2n) is 4.36. The topological polar surface area (TPSA) is 48.1 Å². The molecule has 96 valence electrons.